The van der Waals surface area contributed by atoms with Crippen LogP contribution in [0.2, 0.25) is 0 Å². The minimum Gasteiger partial charge on any atom is -0.478 e. The number of methoxy groups -OCH3 is 1. The predicted molar refractivity (Wildman–Crippen MR) is 136 cm³/mol. The van der Waals surface area contributed by atoms with E-state index in [0.717, 1.165) is 56.0 Å². The Balaban J connectivity index is 1.52. The highest BCUT2D eigenvalue weighted by Gasteiger charge is 2.32. The van der Waals surface area contributed by atoms with Crippen LogP contribution < -0.4 is 20.7 Å². The first-order valence-corrected chi connectivity index (χ1v) is 12.4. The summed E-state index contributed by atoms with van der Waals surface area (Å²) in [6, 6.07) is 4.70. The van der Waals surface area contributed by atoms with Crippen molar-refractivity contribution in [2.24, 2.45) is 0 Å². The van der Waals surface area contributed by atoms with Crippen LogP contribution in [0.1, 0.15) is 42.7 Å². The van der Waals surface area contributed by atoms with Crippen molar-refractivity contribution in [3.63, 3.8) is 0 Å². The van der Waals surface area contributed by atoms with Gasteiger partial charge in [-0.2, -0.15) is 0 Å². The van der Waals surface area contributed by atoms with Crippen LogP contribution >= 0.6 is 0 Å². The molecule has 3 N–H and O–H groups in total. The summed E-state index contributed by atoms with van der Waals surface area (Å²) in [6.07, 6.45) is 9.78. The molecule has 3 aliphatic rings. The van der Waals surface area contributed by atoms with E-state index >= 15 is 0 Å². The second-order valence-corrected chi connectivity index (χ2v) is 9.42. The normalized spacial score (nSPS) is 24.0. The van der Waals surface area contributed by atoms with Gasteiger partial charge in [0.05, 0.1) is 6.10 Å². The van der Waals surface area contributed by atoms with E-state index in [0.29, 0.717) is 6.73 Å². The molecule has 7 heteroatoms. The zero-order chi connectivity index (χ0) is 24.1. The molecule has 0 bridgehead atoms. The summed E-state index contributed by atoms with van der Waals surface area (Å²) in [6.45, 7) is 7.38. The van der Waals surface area contributed by atoms with Crippen LogP contribution in [-0.2, 0) is 15.9 Å². The van der Waals surface area contributed by atoms with Crippen molar-refractivity contribution in [1.29, 1.82) is 0 Å². The van der Waals surface area contributed by atoms with Crippen molar-refractivity contribution in [3.8, 4) is 5.75 Å². The molecule has 3 atom stereocenters. The summed E-state index contributed by atoms with van der Waals surface area (Å²) in [7, 11) is 5.70. The SMILES string of the molecule is CN/C=C(/C1=CC=C(Cc2cc3c(cc2C)OCN(CC2CCCO2)C3OC)CN1)C(C)NC. The van der Waals surface area contributed by atoms with Gasteiger partial charge in [-0.15, -0.1) is 0 Å². The monoisotopic (exact) mass is 468 g/mol. The highest BCUT2D eigenvalue weighted by molar-refractivity contribution is 5.47. The number of hydrogen-bond donors (Lipinski definition) is 3. The molecule has 0 spiro atoms. The first-order valence-electron chi connectivity index (χ1n) is 12.4. The fraction of sp³-hybridized carbons (Fsp3) is 0.556. The van der Waals surface area contributed by atoms with Crippen LogP contribution in [0.15, 0.2) is 47.3 Å². The Hall–Kier alpha value is -2.32. The summed E-state index contributed by atoms with van der Waals surface area (Å²) in [5.41, 5.74) is 7.39. The molecule has 34 heavy (non-hydrogen) atoms. The summed E-state index contributed by atoms with van der Waals surface area (Å²) in [5.74, 6) is 0.928. The van der Waals surface area contributed by atoms with E-state index in [1.54, 1.807) is 7.11 Å². The zero-order valence-electron chi connectivity index (χ0n) is 21.2. The van der Waals surface area contributed by atoms with Crippen molar-refractivity contribution < 1.29 is 14.2 Å². The van der Waals surface area contributed by atoms with Crippen molar-refractivity contribution >= 4 is 0 Å². The molecular weight excluding hydrogens is 428 g/mol. The number of benzene rings is 1. The summed E-state index contributed by atoms with van der Waals surface area (Å²) in [4.78, 5) is 2.24. The molecule has 0 radical (unpaired) electrons. The van der Waals surface area contributed by atoms with Crippen LogP contribution in [-0.4, -0.2) is 64.7 Å². The number of dihydropyridines is 1. The van der Waals surface area contributed by atoms with E-state index in [4.69, 9.17) is 14.2 Å². The fourth-order valence-electron chi connectivity index (χ4n) is 4.98. The molecule has 1 aromatic carbocycles. The number of rotatable bonds is 9. The first-order chi connectivity index (χ1) is 16.5. The Bertz CT molecular complexity index is 949. The molecule has 186 valence electrons. The molecule has 3 unspecified atom stereocenters. The Morgan fingerprint density at radius 2 is 2.18 bits per heavy atom. The number of hydrogen-bond acceptors (Lipinski definition) is 7. The van der Waals surface area contributed by atoms with Gasteiger partial charge in [0.2, 0.25) is 0 Å². The molecule has 1 saturated heterocycles. The maximum absolute atomic E-state index is 6.14. The van der Waals surface area contributed by atoms with E-state index in [2.05, 4.69) is 65.2 Å². The quantitative estimate of drug-likeness (QED) is 0.515. The summed E-state index contributed by atoms with van der Waals surface area (Å²) in [5, 5.41) is 10.1. The molecule has 0 aliphatic carbocycles. The number of aryl methyl sites for hydroxylation is 1. The minimum absolute atomic E-state index is 0.116. The van der Waals surface area contributed by atoms with Gasteiger partial charge in [-0.25, -0.2) is 4.90 Å². The van der Waals surface area contributed by atoms with E-state index in [1.165, 1.54) is 22.3 Å². The van der Waals surface area contributed by atoms with E-state index < -0.39 is 0 Å². The number of fused-ring (bicyclic) bond motifs is 1. The number of nitrogens with zero attached hydrogens (tertiary/aromatic N) is 1. The van der Waals surface area contributed by atoms with Crippen LogP contribution in [0.5, 0.6) is 5.75 Å². The van der Waals surface area contributed by atoms with Gasteiger partial charge < -0.3 is 30.2 Å². The van der Waals surface area contributed by atoms with E-state index in [9.17, 15) is 0 Å². The molecule has 4 rings (SSSR count). The predicted octanol–water partition coefficient (Wildman–Crippen LogP) is 3.14. The van der Waals surface area contributed by atoms with E-state index in [-0.39, 0.29) is 18.4 Å². The lowest BCUT2D eigenvalue weighted by molar-refractivity contribution is -0.101. The number of nitrogens with one attached hydrogen (secondary N) is 3. The largest absolute Gasteiger partial charge is 0.478 e. The van der Waals surface area contributed by atoms with Crippen molar-refractivity contribution in [2.45, 2.75) is 51.5 Å². The van der Waals surface area contributed by atoms with Gasteiger partial charge in [-0.3, -0.25) is 0 Å². The lowest BCUT2D eigenvalue weighted by atomic mass is 9.94. The molecule has 3 heterocycles. The maximum Gasteiger partial charge on any atom is 0.144 e. The van der Waals surface area contributed by atoms with Gasteiger partial charge in [0.1, 0.15) is 18.7 Å². The minimum atomic E-state index is -0.116. The molecule has 0 amide bonds. The van der Waals surface area contributed by atoms with Crippen LogP contribution in [0.4, 0.5) is 0 Å². The number of allylic oxidation sites excluding steroid dienone is 2. The average molecular weight is 469 g/mol. The van der Waals surface area contributed by atoms with Gasteiger partial charge >= 0.3 is 0 Å². The zero-order valence-corrected chi connectivity index (χ0v) is 21.2. The molecule has 7 nitrogen and oxygen atoms in total. The third-order valence-corrected chi connectivity index (χ3v) is 7.06. The van der Waals surface area contributed by atoms with Gasteiger partial charge in [0.25, 0.3) is 0 Å². The lowest BCUT2D eigenvalue weighted by Crippen LogP contribution is -2.42. The Morgan fingerprint density at radius 1 is 1.32 bits per heavy atom. The maximum atomic E-state index is 6.14. The summed E-state index contributed by atoms with van der Waals surface area (Å²) >= 11 is 0. The third-order valence-electron chi connectivity index (χ3n) is 7.06. The van der Waals surface area contributed by atoms with Crippen LogP contribution in [0.25, 0.3) is 0 Å². The van der Waals surface area contributed by atoms with Crippen molar-refractivity contribution in [2.75, 3.05) is 47.6 Å². The average Bonchev–Trinajstić information content (AvgIpc) is 3.36. The Kier molecular flexibility index (Phi) is 8.32. The lowest BCUT2D eigenvalue weighted by Gasteiger charge is -2.37. The topological polar surface area (TPSA) is 67.0 Å². The highest BCUT2D eigenvalue weighted by Crippen LogP contribution is 2.37. The first kappa shape index (κ1) is 24.8. The Labute approximate surface area is 204 Å². The summed E-state index contributed by atoms with van der Waals surface area (Å²) < 4.78 is 18.0. The number of ether oxygens (including phenoxy) is 3. The van der Waals surface area contributed by atoms with Gasteiger partial charge in [-0.1, -0.05) is 6.08 Å². The third kappa shape index (κ3) is 5.49. The Morgan fingerprint density at radius 3 is 2.82 bits per heavy atom. The van der Waals surface area contributed by atoms with Gasteiger partial charge in [-0.05, 0) is 75.1 Å². The van der Waals surface area contributed by atoms with Gasteiger partial charge in [0, 0.05) is 62.9 Å². The highest BCUT2D eigenvalue weighted by atomic mass is 16.5. The molecule has 0 aromatic heterocycles. The van der Waals surface area contributed by atoms with E-state index in [1.807, 2.05) is 14.1 Å². The van der Waals surface area contributed by atoms with Gasteiger partial charge in [0.15, 0.2) is 0 Å². The molecule has 3 aliphatic heterocycles. The fourth-order valence-corrected chi connectivity index (χ4v) is 4.98. The van der Waals surface area contributed by atoms with Crippen LogP contribution in [0, 0.1) is 6.92 Å². The second-order valence-electron chi connectivity index (χ2n) is 9.42. The molecule has 0 saturated carbocycles. The number of likely N-dealkylation sites (N-methyl/N-ethyl adjacent to an activating group) is 1. The van der Waals surface area contributed by atoms with Crippen molar-refractivity contribution in [1.82, 2.24) is 20.9 Å². The smallest absolute Gasteiger partial charge is 0.144 e. The van der Waals surface area contributed by atoms with Crippen molar-refractivity contribution in [3.05, 3.63) is 64.0 Å². The standard InChI is InChI=1S/C27H40N4O3/c1-18-11-26-23(27(32-5)31(17-34-26)16-22-7-6-10-33-22)13-21(18)12-20-8-9-25(30-14-20)24(15-28-3)19(2)29-4/h8-9,11,13,15,19,22,27-30H,6-7,10,12,14,16-17H2,1-5H3/b24-15+. The molecule has 1 fully saturated rings. The second kappa shape index (κ2) is 11.4. The van der Waals surface area contributed by atoms with Crippen LogP contribution in [0.3, 0.4) is 0 Å². The molecular formula is C27H40N4O3. The molecule has 1 aromatic rings.